The number of carbonyl (C=O) groups excluding carboxylic acids is 2. The lowest BCUT2D eigenvalue weighted by Crippen LogP contribution is -2.36. The summed E-state index contributed by atoms with van der Waals surface area (Å²) in [6.45, 7) is 3.94. The van der Waals surface area contributed by atoms with E-state index in [2.05, 4.69) is 5.32 Å². The first kappa shape index (κ1) is 15.3. The molecule has 0 aromatic heterocycles. The van der Waals surface area contributed by atoms with Crippen molar-refractivity contribution in [3.63, 3.8) is 0 Å². The van der Waals surface area contributed by atoms with Gasteiger partial charge in [0.25, 0.3) is 5.91 Å². The number of methoxy groups -OCH3 is 1. The van der Waals surface area contributed by atoms with Gasteiger partial charge in [-0.05, 0) is 26.0 Å². The zero-order chi connectivity index (χ0) is 14.4. The second-order valence-electron chi connectivity index (χ2n) is 3.81. The Bertz CT molecular complexity index is 476. The molecule has 1 aromatic rings. The average Bonchev–Trinajstić information content (AvgIpc) is 2.40. The van der Waals surface area contributed by atoms with Crippen molar-refractivity contribution in [2.45, 2.75) is 20.0 Å². The standard InChI is InChI=1S/C13H16ClNO4/c1-4-15-13(17)8(2)19-12-10(14)5-9(7-16)6-11(12)18-3/h5-8H,4H2,1-3H3,(H,15,17). The average molecular weight is 286 g/mol. The van der Waals surface area contributed by atoms with E-state index in [1.165, 1.54) is 19.2 Å². The van der Waals surface area contributed by atoms with Crippen LogP contribution in [0, 0.1) is 0 Å². The lowest BCUT2D eigenvalue weighted by Gasteiger charge is -2.17. The van der Waals surface area contributed by atoms with Crippen LogP contribution in [0.5, 0.6) is 11.5 Å². The molecule has 1 unspecified atom stereocenters. The van der Waals surface area contributed by atoms with Crippen LogP contribution in [0.2, 0.25) is 5.02 Å². The van der Waals surface area contributed by atoms with Crippen molar-refractivity contribution in [3.8, 4) is 11.5 Å². The zero-order valence-electron chi connectivity index (χ0n) is 11.0. The Balaban J connectivity index is 3.00. The van der Waals surface area contributed by atoms with Crippen molar-refractivity contribution in [1.29, 1.82) is 0 Å². The molecule has 0 aliphatic heterocycles. The Morgan fingerprint density at radius 2 is 2.21 bits per heavy atom. The first-order chi connectivity index (χ1) is 9.03. The highest BCUT2D eigenvalue weighted by atomic mass is 35.5. The molecule has 1 rings (SSSR count). The van der Waals surface area contributed by atoms with Gasteiger partial charge >= 0.3 is 0 Å². The zero-order valence-corrected chi connectivity index (χ0v) is 11.8. The number of hydrogen-bond donors (Lipinski definition) is 1. The van der Waals surface area contributed by atoms with E-state index in [-0.39, 0.29) is 16.7 Å². The molecule has 19 heavy (non-hydrogen) atoms. The maximum Gasteiger partial charge on any atom is 0.260 e. The van der Waals surface area contributed by atoms with Gasteiger partial charge in [-0.1, -0.05) is 11.6 Å². The van der Waals surface area contributed by atoms with Crippen molar-refractivity contribution in [3.05, 3.63) is 22.7 Å². The summed E-state index contributed by atoms with van der Waals surface area (Å²) < 4.78 is 10.6. The summed E-state index contributed by atoms with van der Waals surface area (Å²) in [7, 11) is 1.43. The highest BCUT2D eigenvalue weighted by Crippen LogP contribution is 2.36. The van der Waals surface area contributed by atoms with E-state index >= 15 is 0 Å². The Morgan fingerprint density at radius 1 is 1.53 bits per heavy atom. The first-order valence-corrected chi connectivity index (χ1v) is 6.18. The summed E-state index contributed by atoms with van der Waals surface area (Å²) >= 11 is 6.02. The van der Waals surface area contributed by atoms with Crippen LogP contribution in [-0.2, 0) is 4.79 Å². The summed E-state index contributed by atoms with van der Waals surface area (Å²) in [5.74, 6) is 0.305. The molecule has 0 saturated carbocycles. The van der Waals surface area contributed by atoms with Gasteiger partial charge in [0.05, 0.1) is 12.1 Å². The molecule has 0 bridgehead atoms. The highest BCUT2D eigenvalue weighted by Gasteiger charge is 2.19. The molecule has 0 radical (unpaired) electrons. The Hall–Kier alpha value is -1.75. The van der Waals surface area contributed by atoms with Crippen LogP contribution in [0.3, 0.4) is 0 Å². The first-order valence-electron chi connectivity index (χ1n) is 5.80. The number of likely N-dealkylation sites (N-methyl/N-ethyl adjacent to an activating group) is 1. The van der Waals surface area contributed by atoms with E-state index in [1.54, 1.807) is 6.92 Å². The lowest BCUT2D eigenvalue weighted by atomic mass is 10.2. The van der Waals surface area contributed by atoms with E-state index in [0.717, 1.165) is 0 Å². The van der Waals surface area contributed by atoms with Crippen molar-refractivity contribution in [2.75, 3.05) is 13.7 Å². The van der Waals surface area contributed by atoms with Gasteiger partial charge in [-0.25, -0.2) is 0 Å². The third-order valence-electron chi connectivity index (χ3n) is 2.40. The van der Waals surface area contributed by atoms with Crippen LogP contribution in [0.25, 0.3) is 0 Å². The normalized spacial score (nSPS) is 11.6. The molecule has 6 heteroatoms. The number of benzene rings is 1. The van der Waals surface area contributed by atoms with Crippen LogP contribution >= 0.6 is 11.6 Å². The van der Waals surface area contributed by atoms with Crippen LogP contribution in [0.4, 0.5) is 0 Å². The second-order valence-corrected chi connectivity index (χ2v) is 4.21. The predicted octanol–water partition coefficient (Wildman–Crippen LogP) is 2.06. The topological polar surface area (TPSA) is 64.6 Å². The molecule has 1 atom stereocenters. The number of hydrogen-bond acceptors (Lipinski definition) is 4. The molecule has 104 valence electrons. The maximum atomic E-state index is 11.6. The second kappa shape index (κ2) is 6.99. The Kier molecular flexibility index (Phi) is 5.63. The molecule has 0 heterocycles. The third-order valence-corrected chi connectivity index (χ3v) is 2.68. The molecule has 1 N–H and O–H groups in total. The molecule has 0 fully saturated rings. The minimum absolute atomic E-state index is 0.220. The van der Waals surface area contributed by atoms with Crippen LogP contribution < -0.4 is 14.8 Å². The summed E-state index contributed by atoms with van der Waals surface area (Å²) in [5.41, 5.74) is 0.375. The number of halogens is 1. The monoisotopic (exact) mass is 285 g/mol. The molecular weight excluding hydrogens is 270 g/mol. The fraction of sp³-hybridized carbons (Fsp3) is 0.385. The fourth-order valence-corrected chi connectivity index (χ4v) is 1.73. The van der Waals surface area contributed by atoms with Crippen LogP contribution in [0.15, 0.2) is 12.1 Å². The molecule has 0 aliphatic rings. The molecule has 5 nitrogen and oxygen atoms in total. The van der Waals surface area contributed by atoms with Gasteiger partial charge in [-0.2, -0.15) is 0 Å². The molecule has 1 amide bonds. The van der Waals surface area contributed by atoms with Gasteiger partial charge in [-0.15, -0.1) is 0 Å². The fourth-order valence-electron chi connectivity index (χ4n) is 1.47. The van der Waals surface area contributed by atoms with Crippen LogP contribution in [0.1, 0.15) is 24.2 Å². The van der Waals surface area contributed by atoms with E-state index in [4.69, 9.17) is 21.1 Å². The molecular formula is C13H16ClNO4. The lowest BCUT2D eigenvalue weighted by molar-refractivity contribution is -0.127. The van der Waals surface area contributed by atoms with E-state index in [9.17, 15) is 9.59 Å². The number of ether oxygens (including phenoxy) is 2. The van der Waals surface area contributed by atoms with Gasteiger partial charge in [0, 0.05) is 12.1 Å². The summed E-state index contributed by atoms with van der Waals surface area (Å²) in [6, 6.07) is 2.95. The molecule has 1 aromatic carbocycles. The minimum atomic E-state index is -0.714. The predicted molar refractivity (Wildman–Crippen MR) is 72.2 cm³/mol. The quantitative estimate of drug-likeness (QED) is 0.813. The van der Waals surface area contributed by atoms with Gasteiger partial charge in [0.2, 0.25) is 0 Å². The summed E-state index contributed by atoms with van der Waals surface area (Å²) in [6.07, 6.45) is -0.0563. The number of carbonyl (C=O) groups is 2. The maximum absolute atomic E-state index is 11.6. The summed E-state index contributed by atoms with van der Waals surface area (Å²) in [5, 5.41) is 2.86. The van der Waals surface area contributed by atoms with Crippen molar-refractivity contribution in [2.24, 2.45) is 0 Å². The minimum Gasteiger partial charge on any atom is -0.493 e. The van der Waals surface area contributed by atoms with Gasteiger partial charge < -0.3 is 14.8 Å². The Labute approximate surface area is 116 Å². The van der Waals surface area contributed by atoms with Crippen molar-refractivity contribution in [1.82, 2.24) is 5.32 Å². The van der Waals surface area contributed by atoms with Gasteiger partial charge in [0.1, 0.15) is 6.29 Å². The Morgan fingerprint density at radius 3 is 2.74 bits per heavy atom. The highest BCUT2D eigenvalue weighted by molar-refractivity contribution is 6.32. The van der Waals surface area contributed by atoms with Gasteiger partial charge in [-0.3, -0.25) is 9.59 Å². The molecule has 0 spiro atoms. The number of amides is 1. The number of rotatable bonds is 6. The van der Waals surface area contributed by atoms with Crippen LogP contribution in [-0.4, -0.2) is 32.0 Å². The van der Waals surface area contributed by atoms with E-state index < -0.39 is 6.10 Å². The number of nitrogens with one attached hydrogen (secondary N) is 1. The summed E-state index contributed by atoms with van der Waals surface area (Å²) in [4.78, 5) is 22.3. The van der Waals surface area contributed by atoms with Crippen molar-refractivity contribution >= 4 is 23.8 Å². The number of aldehydes is 1. The van der Waals surface area contributed by atoms with Crippen molar-refractivity contribution < 1.29 is 19.1 Å². The third kappa shape index (κ3) is 3.86. The van der Waals surface area contributed by atoms with E-state index in [0.29, 0.717) is 24.1 Å². The van der Waals surface area contributed by atoms with Gasteiger partial charge in [0.15, 0.2) is 17.6 Å². The SMILES string of the molecule is CCNC(=O)C(C)Oc1c(Cl)cc(C=O)cc1OC. The smallest absolute Gasteiger partial charge is 0.260 e. The molecule has 0 saturated heterocycles. The molecule has 0 aliphatic carbocycles. The largest absolute Gasteiger partial charge is 0.493 e. The van der Waals surface area contributed by atoms with E-state index in [1.807, 2.05) is 6.92 Å².